The summed E-state index contributed by atoms with van der Waals surface area (Å²) in [5.74, 6) is 2.00. The lowest BCUT2D eigenvalue weighted by Gasteiger charge is -2.18. The van der Waals surface area contributed by atoms with Crippen LogP contribution in [0.3, 0.4) is 0 Å². The average Bonchev–Trinajstić information content (AvgIpc) is 2.84. The van der Waals surface area contributed by atoms with Crippen LogP contribution in [0.4, 0.5) is 0 Å². The summed E-state index contributed by atoms with van der Waals surface area (Å²) in [5, 5.41) is 10.3. The molecule has 1 aromatic carbocycles. The standard InChI is InChI=1S/C14H19BrO3/c1-3-9(4-2)5-12(16)10-6-11(15)14-13(7-10)17-8-18-14/h6-7,9,12,16H,3-5,8H2,1-2H3. The number of hydrogen-bond acceptors (Lipinski definition) is 3. The van der Waals surface area contributed by atoms with Crippen LogP contribution in [-0.4, -0.2) is 11.9 Å². The van der Waals surface area contributed by atoms with Crippen LogP contribution < -0.4 is 9.47 Å². The molecule has 1 unspecified atom stereocenters. The molecule has 0 aromatic heterocycles. The Labute approximate surface area is 116 Å². The van der Waals surface area contributed by atoms with Crippen LogP contribution in [0.5, 0.6) is 11.5 Å². The largest absolute Gasteiger partial charge is 0.454 e. The fraction of sp³-hybridized carbons (Fsp3) is 0.571. The number of aliphatic hydroxyl groups excluding tert-OH is 1. The van der Waals surface area contributed by atoms with Gasteiger partial charge in [-0.2, -0.15) is 0 Å². The molecule has 1 aliphatic rings. The van der Waals surface area contributed by atoms with E-state index in [1.165, 1.54) is 0 Å². The Morgan fingerprint density at radius 3 is 2.67 bits per heavy atom. The minimum absolute atomic E-state index is 0.250. The molecule has 0 spiro atoms. The molecule has 0 fully saturated rings. The number of fused-ring (bicyclic) bond motifs is 1. The third-order valence-electron chi connectivity index (χ3n) is 3.55. The molecule has 2 rings (SSSR count). The van der Waals surface area contributed by atoms with Gasteiger partial charge >= 0.3 is 0 Å². The molecule has 1 aromatic rings. The molecule has 0 amide bonds. The van der Waals surface area contributed by atoms with E-state index in [0.29, 0.717) is 11.7 Å². The zero-order valence-corrected chi connectivity index (χ0v) is 12.4. The number of halogens is 1. The van der Waals surface area contributed by atoms with Gasteiger partial charge in [0.05, 0.1) is 10.6 Å². The predicted octanol–water partition coefficient (Wildman–Crippen LogP) is 4.04. The van der Waals surface area contributed by atoms with Gasteiger partial charge in [0.2, 0.25) is 6.79 Å². The summed E-state index contributed by atoms with van der Waals surface area (Å²) in [4.78, 5) is 0. The highest BCUT2D eigenvalue weighted by molar-refractivity contribution is 9.10. The summed E-state index contributed by atoms with van der Waals surface area (Å²) in [7, 11) is 0. The van der Waals surface area contributed by atoms with Crippen molar-refractivity contribution in [3.8, 4) is 11.5 Å². The van der Waals surface area contributed by atoms with Crippen LogP contribution >= 0.6 is 15.9 Å². The maximum absolute atomic E-state index is 10.3. The summed E-state index contributed by atoms with van der Waals surface area (Å²) in [6.45, 7) is 4.58. The molecule has 4 heteroatoms. The van der Waals surface area contributed by atoms with Crippen LogP contribution in [0, 0.1) is 5.92 Å². The van der Waals surface area contributed by atoms with Crippen molar-refractivity contribution < 1.29 is 14.6 Å². The lowest BCUT2D eigenvalue weighted by Crippen LogP contribution is -2.06. The fourth-order valence-corrected chi connectivity index (χ4v) is 2.83. The van der Waals surface area contributed by atoms with Crippen LogP contribution in [0.15, 0.2) is 16.6 Å². The highest BCUT2D eigenvalue weighted by atomic mass is 79.9. The average molecular weight is 315 g/mol. The monoisotopic (exact) mass is 314 g/mol. The fourth-order valence-electron chi connectivity index (χ4n) is 2.25. The van der Waals surface area contributed by atoms with Gasteiger partial charge < -0.3 is 14.6 Å². The van der Waals surface area contributed by atoms with E-state index in [9.17, 15) is 5.11 Å². The zero-order valence-electron chi connectivity index (χ0n) is 10.8. The summed E-state index contributed by atoms with van der Waals surface area (Å²) in [6.07, 6.45) is 2.54. The molecule has 18 heavy (non-hydrogen) atoms. The van der Waals surface area contributed by atoms with Crippen LogP contribution in [0.1, 0.15) is 44.8 Å². The summed E-state index contributed by atoms with van der Waals surface area (Å²) in [6, 6.07) is 3.79. The molecule has 0 aliphatic carbocycles. The molecule has 0 saturated carbocycles. The Kier molecular flexibility index (Phi) is 4.51. The smallest absolute Gasteiger partial charge is 0.231 e. The maximum Gasteiger partial charge on any atom is 0.231 e. The van der Waals surface area contributed by atoms with Crippen molar-refractivity contribution in [3.05, 3.63) is 22.2 Å². The number of aliphatic hydroxyl groups is 1. The minimum Gasteiger partial charge on any atom is -0.454 e. The van der Waals surface area contributed by atoms with Crippen molar-refractivity contribution in [2.24, 2.45) is 5.92 Å². The first-order valence-electron chi connectivity index (χ1n) is 6.42. The first-order chi connectivity index (χ1) is 8.65. The second-order valence-electron chi connectivity index (χ2n) is 4.67. The number of rotatable bonds is 5. The van der Waals surface area contributed by atoms with Crippen molar-refractivity contribution in [1.29, 1.82) is 0 Å². The van der Waals surface area contributed by atoms with Gasteiger partial charge in [-0.3, -0.25) is 0 Å². The lowest BCUT2D eigenvalue weighted by molar-refractivity contribution is 0.140. The zero-order chi connectivity index (χ0) is 13.1. The number of hydrogen-bond donors (Lipinski definition) is 1. The Balaban J connectivity index is 2.16. The first kappa shape index (κ1) is 13.7. The van der Waals surface area contributed by atoms with E-state index in [1.807, 2.05) is 12.1 Å². The Bertz CT molecular complexity index is 416. The van der Waals surface area contributed by atoms with E-state index >= 15 is 0 Å². The summed E-state index contributed by atoms with van der Waals surface area (Å²) in [5.41, 5.74) is 0.887. The Hall–Kier alpha value is -0.740. The predicted molar refractivity (Wildman–Crippen MR) is 73.9 cm³/mol. The van der Waals surface area contributed by atoms with E-state index < -0.39 is 6.10 Å². The second kappa shape index (κ2) is 5.93. The van der Waals surface area contributed by atoms with Crippen molar-refractivity contribution >= 4 is 15.9 Å². The third kappa shape index (κ3) is 2.81. The lowest BCUT2D eigenvalue weighted by atomic mass is 9.93. The summed E-state index contributed by atoms with van der Waals surface area (Å²) >= 11 is 3.45. The van der Waals surface area contributed by atoms with Gasteiger partial charge in [0.25, 0.3) is 0 Å². The highest BCUT2D eigenvalue weighted by Crippen LogP contribution is 2.42. The second-order valence-corrected chi connectivity index (χ2v) is 5.52. The first-order valence-corrected chi connectivity index (χ1v) is 7.22. The van der Waals surface area contributed by atoms with Crippen molar-refractivity contribution in [3.63, 3.8) is 0 Å². The van der Waals surface area contributed by atoms with Crippen molar-refractivity contribution in [2.75, 3.05) is 6.79 Å². The van der Waals surface area contributed by atoms with E-state index in [0.717, 1.165) is 35.0 Å². The molecular weight excluding hydrogens is 296 g/mol. The molecule has 1 N–H and O–H groups in total. The van der Waals surface area contributed by atoms with Crippen LogP contribution in [-0.2, 0) is 0 Å². The molecule has 1 aliphatic heterocycles. The van der Waals surface area contributed by atoms with E-state index in [2.05, 4.69) is 29.8 Å². The molecule has 0 radical (unpaired) electrons. The quantitative estimate of drug-likeness (QED) is 0.891. The Morgan fingerprint density at radius 1 is 1.28 bits per heavy atom. The SMILES string of the molecule is CCC(CC)CC(O)c1cc(Br)c2c(c1)OCO2. The van der Waals surface area contributed by atoms with Gasteiger partial charge in [-0.15, -0.1) is 0 Å². The van der Waals surface area contributed by atoms with Gasteiger partial charge in [-0.25, -0.2) is 0 Å². The molecule has 1 heterocycles. The minimum atomic E-state index is -0.444. The van der Waals surface area contributed by atoms with Gasteiger partial charge in [0.1, 0.15) is 0 Å². The maximum atomic E-state index is 10.3. The third-order valence-corrected chi connectivity index (χ3v) is 4.13. The van der Waals surface area contributed by atoms with Gasteiger partial charge in [0.15, 0.2) is 11.5 Å². The highest BCUT2D eigenvalue weighted by Gasteiger charge is 2.21. The van der Waals surface area contributed by atoms with E-state index in [-0.39, 0.29) is 6.79 Å². The number of ether oxygens (including phenoxy) is 2. The molecule has 0 bridgehead atoms. The molecule has 100 valence electrons. The topological polar surface area (TPSA) is 38.7 Å². The van der Waals surface area contributed by atoms with Gasteiger partial charge in [-0.05, 0) is 46.0 Å². The molecule has 0 saturated heterocycles. The van der Waals surface area contributed by atoms with Gasteiger partial charge in [-0.1, -0.05) is 26.7 Å². The van der Waals surface area contributed by atoms with Crippen LogP contribution in [0.25, 0.3) is 0 Å². The van der Waals surface area contributed by atoms with Crippen molar-refractivity contribution in [1.82, 2.24) is 0 Å². The molecule has 1 atom stereocenters. The van der Waals surface area contributed by atoms with E-state index in [4.69, 9.17) is 9.47 Å². The van der Waals surface area contributed by atoms with Gasteiger partial charge in [0, 0.05) is 0 Å². The van der Waals surface area contributed by atoms with Crippen molar-refractivity contribution in [2.45, 2.75) is 39.2 Å². The van der Waals surface area contributed by atoms with E-state index in [1.54, 1.807) is 0 Å². The molecule has 3 nitrogen and oxygen atoms in total. The normalized spacial score (nSPS) is 15.2. The number of benzene rings is 1. The molecular formula is C14H19BrO3. The van der Waals surface area contributed by atoms with Crippen LogP contribution in [0.2, 0.25) is 0 Å². The summed E-state index contributed by atoms with van der Waals surface area (Å²) < 4.78 is 11.5. The Morgan fingerprint density at radius 2 is 2.00 bits per heavy atom.